The number of aryl methyl sites for hydroxylation is 2. The molecule has 0 aliphatic heterocycles. The summed E-state index contributed by atoms with van der Waals surface area (Å²) < 4.78 is 68.3. The lowest BCUT2D eigenvalue weighted by molar-refractivity contribution is -0.141. The number of rotatable bonds is 7. The Bertz CT molecular complexity index is 778. The summed E-state index contributed by atoms with van der Waals surface area (Å²) in [5.41, 5.74) is -0.255. The Kier molecular flexibility index (Phi) is 6.94. The predicted octanol–water partition coefficient (Wildman–Crippen LogP) is 4.19. The van der Waals surface area contributed by atoms with Gasteiger partial charge in [0.2, 0.25) is 0 Å². The lowest BCUT2D eigenvalue weighted by atomic mass is 10.3. The van der Waals surface area contributed by atoms with E-state index in [9.17, 15) is 22.0 Å². The molecule has 0 spiro atoms. The van der Waals surface area contributed by atoms with Crippen molar-refractivity contribution in [1.82, 2.24) is 15.1 Å². The molecule has 27 heavy (non-hydrogen) atoms. The van der Waals surface area contributed by atoms with E-state index in [2.05, 4.69) is 20.5 Å². The fourth-order valence-electron chi connectivity index (χ4n) is 2.24. The normalized spacial score (nSPS) is 11.5. The minimum absolute atomic E-state index is 0.0523. The van der Waals surface area contributed by atoms with Crippen LogP contribution in [0.25, 0.3) is 0 Å². The van der Waals surface area contributed by atoms with E-state index in [4.69, 9.17) is 12.2 Å². The van der Waals surface area contributed by atoms with Crippen LogP contribution in [0.1, 0.15) is 17.8 Å². The summed E-state index contributed by atoms with van der Waals surface area (Å²) in [6, 6.07) is 7.05. The Morgan fingerprint density at radius 2 is 2.00 bits per heavy atom. The fraction of sp³-hybridized carbons (Fsp3) is 0.375. The number of halogens is 5. The van der Waals surface area contributed by atoms with Crippen LogP contribution in [0.5, 0.6) is 5.75 Å². The van der Waals surface area contributed by atoms with Crippen LogP contribution in [-0.4, -0.2) is 28.0 Å². The Labute approximate surface area is 157 Å². The smallest absolute Gasteiger partial charge is 0.433 e. The number of nitrogens with one attached hydrogen (secondary N) is 2. The third kappa shape index (κ3) is 6.35. The highest BCUT2D eigenvalue weighted by atomic mass is 32.1. The molecule has 11 heteroatoms. The molecule has 0 saturated heterocycles. The van der Waals surface area contributed by atoms with Crippen molar-refractivity contribution in [2.75, 3.05) is 11.9 Å². The van der Waals surface area contributed by atoms with E-state index in [1.807, 2.05) is 0 Å². The molecule has 0 unspecified atom stereocenters. The monoisotopic (exact) mass is 408 g/mol. The van der Waals surface area contributed by atoms with Gasteiger partial charge in [-0.25, -0.2) is 0 Å². The van der Waals surface area contributed by atoms with Crippen LogP contribution in [0, 0.1) is 6.92 Å². The lowest BCUT2D eigenvalue weighted by Gasteiger charge is -2.14. The van der Waals surface area contributed by atoms with Gasteiger partial charge in [0.15, 0.2) is 10.8 Å². The van der Waals surface area contributed by atoms with E-state index < -0.39 is 18.5 Å². The molecule has 5 nitrogen and oxygen atoms in total. The number of hydrogen-bond acceptors (Lipinski definition) is 3. The second kappa shape index (κ2) is 8.98. The van der Waals surface area contributed by atoms with Gasteiger partial charge in [-0.15, -0.1) is 0 Å². The first kappa shape index (κ1) is 20.9. The molecule has 0 radical (unpaired) electrons. The van der Waals surface area contributed by atoms with Crippen LogP contribution in [0.3, 0.4) is 0 Å². The molecule has 0 fully saturated rings. The third-order valence-electron chi connectivity index (χ3n) is 3.46. The van der Waals surface area contributed by atoms with Crippen LogP contribution < -0.4 is 15.4 Å². The molecule has 0 atom stereocenters. The van der Waals surface area contributed by atoms with Crippen molar-refractivity contribution >= 4 is 23.0 Å². The summed E-state index contributed by atoms with van der Waals surface area (Å²) >= 11 is 5.08. The summed E-state index contributed by atoms with van der Waals surface area (Å²) in [5, 5.41) is 9.30. The van der Waals surface area contributed by atoms with Crippen LogP contribution in [0.15, 0.2) is 30.3 Å². The van der Waals surface area contributed by atoms with Gasteiger partial charge in [0.05, 0.1) is 5.69 Å². The lowest BCUT2D eigenvalue weighted by Crippen LogP contribution is -2.30. The van der Waals surface area contributed by atoms with Gasteiger partial charge in [-0.1, -0.05) is 12.1 Å². The number of nitrogens with zero attached hydrogens (tertiary/aromatic N) is 2. The van der Waals surface area contributed by atoms with Crippen molar-refractivity contribution < 1.29 is 26.7 Å². The minimum atomic E-state index is -4.48. The molecule has 0 bridgehead atoms. The molecule has 2 aromatic rings. The second-order valence-corrected chi connectivity index (χ2v) is 5.91. The molecule has 148 valence electrons. The zero-order valence-electron chi connectivity index (χ0n) is 14.2. The number of hydrogen-bond donors (Lipinski definition) is 2. The largest absolute Gasteiger partial charge is 0.435 e. The SMILES string of the molecule is Cc1cc(C(F)(F)F)nn1CCCNC(=S)Nc1ccccc1OC(F)F. The molecule has 0 saturated carbocycles. The van der Waals surface area contributed by atoms with E-state index in [0.717, 1.165) is 6.07 Å². The molecule has 2 N–H and O–H groups in total. The molecule has 2 rings (SSSR count). The van der Waals surface area contributed by atoms with Crippen molar-refractivity contribution in [1.29, 1.82) is 0 Å². The molecule has 1 heterocycles. The van der Waals surface area contributed by atoms with E-state index in [0.29, 0.717) is 18.7 Å². The number of anilines is 1. The van der Waals surface area contributed by atoms with E-state index >= 15 is 0 Å². The van der Waals surface area contributed by atoms with Gasteiger partial charge >= 0.3 is 12.8 Å². The Hall–Kier alpha value is -2.43. The Balaban J connectivity index is 1.81. The third-order valence-corrected chi connectivity index (χ3v) is 3.70. The maximum atomic E-state index is 12.6. The number of ether oxygens (including phenoxy) is 1. The van der Waals surface area contributed by atoms with E-state index in [-0.39, 0.29) is 23.1 Å². The summed E-state index contributed by atoms with van der Waals surface area (Å²) in [5.74, 6) is -0.0523. The molecule has 1 aromatic heterocycles. The number of alkyl halides is 5. The van der Waals surface area contributed by atoms with Crippen LogP contribution in [-0.2, 0) is 12.7 Å². The van der Waals surface area contributed by atoms with Gasteiger partial charge in [0.1, 0.15) is 5.75 Å². The summed E-state index contributed by atoms with van der Waals surface area (Å²) in [6.45, 7) is -0.803. The zero-order valence-corrected chi connectivity index (χ0v) is 15.0. The van der Waals surface area contributed by atoms with Gasteiger partial charge in [0.25, 0.3) is 0 Å². The minimum Gasteiger partial charge on any atom is -0.433 e. The quantitative estimate of drug-likeness (QED) is 0.409. The molecular weight excluding hydrogens is 391 g/mol. The number of aromatic nitrogens is 2. The van der Waals surface area contributed by atoms with Gasteiger partial charge in [-0.3, -0.25) is 4.68 Å². The highest BCUT2D eigenvalue weighted by Gasteiger charge is 2.34. The van der Waals surface area contributed by atoms with Crippen LogP contribution in [0.2, 0.25) is 0 Å². The van der Waals surface area contributed by atoms with Crippen molar-refractivity contribution in [3.63, 3.8) is 0 Å². The van der Waals surface area contributed by atoms with Crippen LogP contribution >= 0.6 is 12.2 Å². The van der Waals surface area contributed by atoms with Gasteiger partial charge in [-0.05, 0) is 43.8 Å². The van der Waals surface area contributed by atoms with Crippen molar-refractivity contribution in [3.05, 3.63) is 41.7 Å². The highest BCUT2D eigenvalue weighted by Crippen LogP contribution is 2.28. The maximum absolute atomic E-state index is 12.6. The van der Waals surface area contributed by atoms with Crippen LogP contribution in [0.4, 0.5) is 27.6 Å². The van der Waals surface area contributed by atoms with Gasteiger partial charge < -0.3 is 15.4 Å². The summed E-state index contributed by atoms with van der Waals surface area (Å²) in [4.78, 5) is 0. The number of para-hydroxylation sites is 2. The van der Waals surface area contributed by atoms with E-state index in [1.54, 1.807) is 19.1 Å². The topological polar surface area (TPSA) is 51.1 Å². The first-order valence-corrected chi connectivity index (χ1v) is 8.28. The maximum Gasteiger partial charge on any atom is 0.435 e. The average molecular weight is 408 g/mol. The first-order chi connectivity index (χ1) is 12.7. The number of thiocarbonyl (C=S) groups is 1. The second-order valence-electron chi connectivity index (χ2n) is 5.50. The van der Waals surface area contributed by atoms with E-state index in [1.165, 1.54) is 16.8 Å². The van der Waals surface area contributed by atoms with Gasteiger partial charge in [0, 0.05) is 18.8 Å². The first-order valence-electron chi connectivity index (χ1n) is 7.87. The molecule has 0 amide bonds. The molecule has 1 aromatic carbocycles. The van der Waals surface area contributed by atoms with Crippen molar-refractivity contribution in [2.45, 2.75) is 32.7 Å². The molecule has 0 aliphatic carbocycles. The zero-order chi connectivity index (χ0) is 20.0. The van der Waals surface area contributed by atoms with Crippen molar-refractivity contribution in [2.24, 2.45) is 0 Å². The molecular formula is C16H17F5N4OS. The Morgan fingerprint density at radius 3 is 2.63 bits per heavy atom. The summed E-state index contributed by atoms with van der Waals surface area (Å²) in [7, 11) is 0. The number of benzene rings is 1. The Morgan fingerprint density at radius 1 is 1.30 bits per heavy atom. The summed E-state index contributed by atoms with van der Waals surface area (Å²) in [6.07, 6.45) is -4.02. The predicted molar refractivity (Wildman–Crippen MR) is 93.9 cm³/mol. The van der Waals surface area contributed by atoms with Crippen molar-refractivity contribution in [3.8, 4) is 5.75 Å². The average Bonchev–Trinajstić information content (AvgIpc) is 2.94. The standard InChI is InChI=1S/C16H17F5N4OS/c1-10-9-13(16(19,20)21)24-25(10)8-4-7-22-15(27)23-11-5-2-3-6-12(11)26-14(17)18/h2-3,5-6,9,14H,4,7-8H2,1H3,(H2,22,23,27). The van der Waals surface area contributed by atoms with Gasteiger partial charge in [-0.2, -0.15) is 27.1 Å². The molecule has 0 aliphatic rings. The highest BCUT2D eigenvalue weighted by molar-refractivity contribution is 7.80. The fourth-order valence-corrected chi connectivity index (χ4v) is 2.45.